The molecule has 1 aromatic rings. The van der Waals surface area contributed by atoms with Gasteiger partial charge in [0.1, 0.15) is 5.60 Å². The van der Waals surface area contributed by atoms with Crippen molar-refractivity contribution in [2.75, 3.05) is 0 Å². The van der Waals surface area contributed by atoms with Crippen LogP contribution in [-0.4, -0.2) is 11.6 Å². The van der Waals surface area contributed by atoms with Gasteiger partial charge >= 0.3 is 5.97 Å². The Morgan fingerprint density at radius 1 is 1.28 bits per heavy atom. The maximum atomic E-state index is 11.8. The van der Waals surface area contributed by atoms with Crippen molar-refractivity contribution in [1.29, 1.82) is 0 Å². The second-order valence-corrected chi connectivity index (χ2v) is 5.62. The van der Waals surface area contributed by atoms with E-state index in [1.165, 1.54) is 5.56 Å². The zero-order chi connectivity index (χ0) is 13.8. The predicted octanol–water partition coefficient (Wildman–Crippen LogP) is 4.08. The summed E-state index contributed by atoms with van der Waals surface area (Å²) in [6, 6.07) is 10.1. The van der Waals surface area contributed by atoms with E-state index >= 15 is 0 Å². The third kappa shape index (κ3) is 4.74. The van der Waals surface area contributed by atoms with E-state index in [2.05, 4.69) is 25.6 Å². The van der Waals surface area contributed by atoms with Crippen LogP contribution in [0.4, 0.5) is 0 Å². The minimum Gasteiger partial charge on any atom is -0.457 e. The number of rotatable bonds is 4. The molecule has 2 heteroatoms. The van der Waals surface area contributed by atoms with Gasteiger partial charge in [-0.25, -0.2) is 4.79 Å². The topological polar surface area (TPSA) is 26.3 Å². The van der Waals surface area contributed by atoms with Crippen molar-refractivity contribution in [2.24, 2.45) is 0 Å². The smallest absolute Gasteiger partial charge is 0.333 e. The molecule has 0 radical (unpaired) electrons. The van der Waals surface area contributed by atoms with E-state index in [0.29, 0.717) is 12.0 Å². The Morgan fingerprint density at radius 2 is 1.83 bits per heavy atom. The molecule has 0 N–H and O–H groups in total. The average molecular weight is 246 g/mol. The molecule has 0 bridgehead atoms. The van der Waals surface area contributed by atoms with Crippen LogP contribution in [0.3, 0.4) is 0 Å². The quantitative estimate of drug-likeness (QED) is 0.591. The number of carbonyl (C=O) groups is 1. The van der Waals surface area contributed by atoms with Crippen molar-refractivity contribution >= 4 is 5.97 Å². The van der Waals surface area contributed by atoms with Crippen LogP contribution in [0.1, 0.15) is 45.6 Å². The van der Waals surface area contributed by atoms with Gasteiger partial charge in [0.05, 0.1) is 0 Å². The fourth-order valence-electron chi connectivity index (χ4n) is 1.70. The van der Waals surface area contributed by atoms with Gasteiger partial charge in [-0.15, -0.1) is 0 Å². The molecule has 1 aromatic carbocycles. The maximum absolute atomic E-state index is 11.8. The lowest BCUT2D eigenvalue weighted by Crippen LogP contribution is -2.25. The molecule has 18 heavy (non-hydrogen) atoms. The fraction of sp³-hybridized carbons (Fsp3) is 0.438. The molecule has 2 nitrogen and oxygen atoms in total. The highest BCUT2D eigenvalue weighted by molar-refractivity contribution is 5.88. The van der Waals surface area contributed by atoms with Gasteiger partial charge in [0, 0.05) is 5.57 Å². The van der Waals surface area contributed by atoms with Gasteiger partial charge in [0.2, 0.25) is 0 Å². The average Bonchev–Trinajstić information content (AvgIpc) is 2.27. The number of esters is 1. The second kappa shape index (κ2) is 5.85. The molecule has 0 saturated carbocycles. The third-order valence-electron chi connectivity index (χ3n) is 2.61. The molecular formula is C16H22O2. The van der Waals surface area contributed by atoms with Crippen molar-refractivity contribution in [3.8, 4) is 0 Å². The number of carbonyl (C=O) groups excluding carboxylic acids is 1. The largest absolute Gasteiger partial charge is 0.457 e. The van der Waals surface area contributed by atoms with Crippen molar-refractivity contribution in [2.45, 2.75) is 45.6 Å². The first-order valence-electron chi connectivity index (χ1n) is 6.25. The highest BCUT2D eigenvalue weighted by Gasteiger charge is 2.20. The second-order valence-electron chi connectivity index (χ2n) is 5.62. The summed E-state index contributed by atoms with van der Waals surface area (Å²) in [5.41, 5.74) is 1.28. The summed E-state index contributed by atoms with van der Waals surface area (Å²) in [4.78, 5) is 11.8. The molecule has 0 aromatic heterocycles. The van der Waals surface area contributed by atoms with E-state index in [9.17, 15) is 4.79 Å². The zero-order valence-electron chi connectivity index (χ0n) is 11.7. The maximum Gasteiger partial charge on any atom is 0.333 e. The summed E-state index contributed by atoms with van der Waals surface area (Å²) < 4.78 is 5.30. The van der Waals surface area contributed by atoms with Crippen LogP contribution in [0, 0.1) is 0 Å². The Morgan fingerprint density at radius 3 is 2.33 bits per heavy atom. The summed E-state index contributed by atoms with van der Waals surface area (Å²) in [6.07, 6.45) is 0.624. The Hall–Kier alpha value is -1.57. The van der Waals surface area contributed by atoms with Gasteiger partial charge in [0.25, 0.3) is 0 Å². The normalized spacial score (nSPS) is 12.9. The third-order valence-corrected chi connectivity index (χ3v) is 2.61. The molecule has 1 rings (SSSR count). The Balaban J connectivity index is 2.58. The number of hydrogen-bond donors (Lipinski definition) is 0. The van der Waals surface area contributed by atoms with Crippen LogP contribution in [0.5, 0.6) is 0 Å². The summed E-state index contributed by atoms with van der Waals surface area (Å²) in [6.45, 7) is 11.5. The number of benzene rings is 1. The SMILES string of the molecule is C=C(CC(C)c1ccccc1)C(=O)OC(C)(C)C. The fourth-order valence-corrected chi connectivity index (χ4v) is 1.70. The molecule has 0 saturated heterocycles. The number of ether oxygens (including phenoxy) is 1. The Labute approximate surface area is 110 Å². The number of hydrogen-bond acceptors (Lipinski definition) is 2. The summed E-state index contributed by atoms with van der Waals surface area (Å²) >= 11 is 0. The highest BCUT2D eigenvalue weighted by Crippen LogP contribution is 2.23. The summed E-state index contributed by atoms with van der Waals surface area (Å²) in [7, 11) is 0. The molecule has 0 aliphatic heterocycles. The van der Waals surface area contributed by atoms with Crippen LogP contribution in [-0.2, 0) is 9.53 Å². The summed E-state index contributed by atoms with van der Waals surface area (Å²) in [5.74, 6) is -0.0310. The summed E-state index contributed by atoms with van der Waals surface area (Å²) in [5, 5.41) is 0. The van der Waals surface area contributed by atoms with Gasteiger partial charge < -0.3 is 4.74 Å². The zero-order valence-corrected chi connectivity index (χ0v) is 11.7. The van der Waals surface area contributed by atoms with E-state index in [1.54, 1.807) is 0 Å². The lowest BCUT2D eigenvalue weighted by Gasteiger charge is -2.21. The van der Waals surface area contributed by atoms with Crippen LogP contribution in [0.25, 0.3) is 0 Å². The molecule has 1 atom stereocenters. The molecule has 0 amide bonds. The highest BCUT2D eigenvalue weighted by atomic mass is 16.6. The van der Waals surface area contributed by atoms with Gasteiger partial charge in [-0.05, 0) is 38.7 Å². The Kier molecular flexibility index (Phi) is 4.71. The molecule has 98 valence electrons. The van der Waals surface area contributed by atoms with Crippen molar-refractivity contribution in [3.05, 3.63) is 48.0 Å². The lowest BCUT2D eigenvalue weighted by atomic mass is 9.94. The van der Waals surface area contributed by atoms with E-state index in [0.717, 1.165) is 0 Å². The van der Waals surface area contributed by atoms with Crippen LogP contribution in [0.15, 0.2) is 42.5 Å². The molecule has 0 aliphatic rings. The molecular weight excluding hydrogens is 224 g/mol. The van der Waals surface area contributed by atoms with E-state index in [-0.39, 0.29) is 11.9 Å². The van der Waals surface area contributed by atoms with Crippen molar-refractivity contribution in [3.63, 3.8) is 0 Å². The monoisotopic (exact) mass is 246 g/mol. The van der Waals surface area contributed by atoms with Crippen LogP contribution < -0.4 is 0 Å². The van der Waals surface area contributed by atoms with Gasteiger partial charge in [0.15, 0.2) is 0 Å². The molecule has 0 spiro atoms. The van der Waals surface area contributed by atoms with Crippen molar-refractivity contribution < 1.29 is 9.53 Å². The molecule has 0 aliphatic carbocycles. The molecule has 0 fully saturated rings. The van der Waals surface area contributed by atoms with Crippen molar-refractivity contribution in [1.82, 2.24) is 0 Å². The predicted molar refractivity (Wildman–Crippen MR) is 74.5 cm³/mol. The van der Waals surface area contributed by atoms with Gasteiger partial charge in [-0.3, -0.25) is 0 Å². The minimum absolute atomic E-state index is 0.270. The van der Waals surface area contributed by atoms with E-state index in [1.807, 2.05) is 39.0 Å². The van der Waals surface area contributed by atoms with Gasteiger partial charge in [-0.2, -0.15) is 0 Å². The standard InChI is InChI=1S/C16H22O2/c1-12(14-9-7-6-8-10-14)11-13(2)15(17)18-16(3,4)5/h6-10,12H,2,11H2,1,3-5H3. The molecule has 1 unspecified atom stereocenters. The van der Waals surface area contributed by atoms with E-state index in [4.69, 9.17) is 4.74 Å². The van der Waals surface area contributed by atoms with E-state index < -0.39 is 5.60 Å². The first-order valence-corrected chi connectivity index (χ1v) is 6.25. The minimum atomic E-state index is -0.462. The first-order chi connectivity index (χ1) is 8.29. The first kappa shape index (κ1) is 14.5. The van der Waals surface area contributed by atoms with Crippen LogP contribution in [0.2, 0.25) is 0 Å². The molecule has 0 heterocycles. The van der Waals surface area contributed by atoms with Gasteiger partial charge in [-0.1, -0.05) is 43.8 Å². The van der Waals surface area contributed by atoms with Crippen LogP contribution >= 0.6 is 0 Å². The Bertz CT molecular complexity index is 412. The lowest BCUT2D eigenvalue weighted by molar-refractivity contribution is -0.150.